The molecule has 94 valence electrons. The molecule has 4 unspecified atom stereocenters. The molecule has 0 bridgehead atoms. The highest BCUT2D eigenvalue weighted by atomic mass is 15.0. The van der Waals surface area contributed by atoms with Crippen molar-refractivity contribution < 1.29 is 0 Å². The van der Waals surface area contributed by atoms with Gasteiger partial charge in [0.05, 0.1) is 0 Å². The Kier molecular flexibility index (Phi) is 4.22. The van der Waals surface area contributed by atoms with Crippen molar-refractivity contribution in [2.24, 2.45) is 11.8 Å². The van der Waals surface area contributed by atoms with E-state index in [0.29, 0.717) is 6.04 Å². The summed E-state index contributed by atoms with van der Waals surface area (Å²) in [5.74, 6) is 1.71. The lowest BCUT2D eigenvalue weighted by molar-refractivity contribution is 0.343. The van der Waals surface area contributed by atoms with Crippen LogP contribution in [0, 0.1) is 11.8 Å². The molecule has 2 rings (SSSR count). The average molecular weight is 231 g/mol. The maximum absolute atomic E-state index is 3.81. The first-order valence-electron chi connectivity index (χ1n) is 6.97. The summed E-state index contributed by atoms with van der Waals surface area (Å²) in [5.41, 5.74) is 1.44. The second-order valence-corrected chi connectivity index (χ2v) is 5.78. The lowest BCUT2D eigenvalue weighted by atomic mass is 9.96. The van der Waals surface area contributed by atoms with Gasteiger partial charge in [-0.2, -0.15) is 0 Å². The molecule has 0 heterocycles. The van der Waals surface area contributed by atoms with Gasteiger partial charge in [-0.1, -0.05) is 44.2 Å². The Labute approximate surface area is 106 Å². The van der Waals surface area contributed by atoms with Crippen LogP contribution in [-0.4, -0.2) is 12.1 Å². The number of hydrogen-bond acceptors (Lipinski definition) is 1. The SMILES string of the molecule is CC(Cc1ccccc1)NC1CCC(C)C1C. The third-order valence-electron chi connectivity index (χ3n) is 4.35. The van der Waals surface area contributed by atoms with E-state index in [0.717, 1.165) is 24.3 Å². The molecule has 1 aromatic carbocycles. The zero-order valence-electron chi connectivity index (χ0n) is 11.3. The van der Waals surface area contributed by atoms with Gasteiger partial charge in [-0.25, -0.2) is 0 Å². The molecule has 4 atom stereocenters. The molecule has 17 heavy (non-hydrogen) atoms. The molecule has 1 saturated carbocycles. The molecular weight excluding hydrogens is 206 g/mol. The lowest BCUT2D eigenvalue weighted by Crippen LogP contribution is -2.39. The molecule has 0 aliphatic heterocycles. The number of rotatable bonds is 4. The second-order valence-electron chi connectivity index (χ2n) is 5.78. The van der Waals surface area contributed by atoms with Crippen LogP contribution in [0.3, 0.4) is 0 Å². The molecule has 1 aromatic rings. The van der Waals surface area contributed by atoms with E-state index in [-0.39, 0.29) is 0 Å². The average Bonchev–Trinajstić information content (AvgIpc) is 2.62. The molecule has 1 fully saturated rings. The van der Waals surface area contributed by atoms with Gasteiger partial charge in [0.25, 0.3) is 0 Å². The van der Waals surface area contributed by atoms with Crippen molar-refractivity contribution in [1.29, 1.82) is 0 Å². The highest BCUT2D eigenvalue weighted by Crippen LogP contribution is 2.31. The van der Waals surface area contributed by atoms with Crippen LogP contribution in [0.1, 0.15) is 39.2 Å². The molecule has 1 heteroatoms. The van der Waals surface area contributed by atoms with Gasteiger partial charge in [0.1, 0.15) is 0 Å². The maximum atomic E-state index is 3.81. The summed E-state index contributed by atoms with van der Waals surface area (Å²) < 4.78 is 0. The molecule has 0 saturated heterocycles. The van der Waals surface area contributed by atoms with Crippen LogP contribution in [0.25, 0.3) is 0 Å². The van der Waals surface area contributed by atoms with Gasteiger partial charge in [-0.3, -0.25) is 0 Å². The predicted octanol–water partition coefficient (Wildman–Crippen LogP) is 3.64. The van der Waals surface area contributed by atoms with E-state index in [1.165, 1.54) is 18.4 Å². The van der Waals surface area contributed by atoms with Gasteiger partial charge in [-0.15, -0.1) is 0 Å². The maximum Gasteiger partial charge on any atom is 0.00979 e. The third kappa shape index (κ3) is 3.32. The van der Waals surface area contributed by atoms with E-state index >= 15 is 0 Å². The van der Waals surface area contributed by atoms with E-state index in [1.54, 1.807) is 0 Å². The largest absolute Gasteiger partial charge is 0.311 e. The molecule has 1 aliphatic rings. The molecule has 0 spiro atoms. The first kappa shape index (κ1) is 12.6. The number of benzene rings is 1. The van der Waals surface area contributed by atoms with Gasteiger partial charge in [-0.05, 0) is 43.6 Å². The third-order valence-corrected chi connectivity index (χ3v) is 4.35. The molecule has 1 N–H and O–H groups in total. The highest BCUT2D eigenvalue weighted by Gasteiger charge is 2.30. The smallest absolute Gasteiger partial charge is 0.00979 e. The Morgan fingerprint density at radius 2 is 1.88 bits per heavy atom. The fourth-order valence-electron chi connectivity index (χ4n) is 2.99. The fraction of sp³-hybridized carbons (Fsp3) is 0.625. The second kappa shape index (κ2) is 5.68. The van der Waals surface area contributed by atoms with Crippen LogP contribution >= 0.6 is 0 Å². The Hall–Kier alpha value is -0.820. The van der Waals surface area contributed by atoms with Gasteiger partial charge in [0, 0.05) is 12.1 Å². The number of nitrogens with one attached hydrogen (secondary N) is 1. The van der Waals surface area contributed by atoms with Crippen molar-refractivity contribution in [1.82, 2.24) is 5.32 Å². The zero-order chi connectivity index (χ0) is 12.3. The lowest BCUT2D eigenvalue weighted by Gasteiger charge is -2.24. The summed E-state index contributed by atoms with van der Waals surface area (Å²) >= 11 is 0. The number of hydrogen-bond donors (Lipinski definition) is 1. The van der Waals surface area contributed by atoms with E-state index in [2.05, 4.69) is 56.4 Å². The molecule has 0 radical (unpaired) electrons. The van der Waals surface area contributed by atoms with Crippen molar-refractivity contribution in [2.45, 2.75) is 52.1 Å². The topological polar surface area (TPSA) is 12.0 Å². The van der Waals surface area contributed by atoms with Crippen LogP contribution in [0.2, 0.25) is 0 Å². The molecule has 0 aromatic heterocycles. The van der Waals surface area contributed by atoms with Crippen molar-refractivity contribution in [2.75, 3.05) is 0 Å². The van der Waals surface area contributed by atoms with Gasteiger partial charge < -0.3 is 5.32 Å². The quantitative estimate of drug-likeness (QED) is 0.834. The summed E-state index contributed by atoms with van der Waals surface area (Å²) in [4.78, 5) is 0. The minimum absolute atomic E-state index is 0.579. The van der Waals surface area contributed by atoms with Crippen LogP contribution < -0.4 is 5.32 Å². The molecule has 0 amide bonds. The summed E-state index contributed by atoms with van der Waals surface area (Å²) in [6.07, 6.45) is 3.87. The summed E-state index contributed by atoms with van der Waals surface area (Å²) in [6, 6.07) is 12.1. The normalized spacial score (nSPS) is 30.4. The van der Waals surface area contributed by atoms with Crippen LogP contribution in [0.15, 0.2) is 30.3 Å². The van der Waals surface area contributed by atoms with Crippen LogP contribution in [0.4, 0.5) is 0 Å². The first-order chi connectivity index (χ1) is 8.16. The van der Waals surface area contributed by atoms with E-state index in [9.17, 15) is 0 Å². The fourth-order valence-corrected chi connectivity index (χ4v) is 2.99. The summed E-state index contributed by atoms with van der Waals surface area (Å²) in [6.45, 7) is 7.08. The summed E-state index contributed by atoms with van der Waals surface area (Å²) in [7, 11) is 0. The van der Waals surface area contributed by atoms with Gasteiger partial charge in [0.2, 0.25) is 0 Å². The molecule has 1 aliphatic carbocycles. The van der Waals surface area contributed by atoms with Crippen LogP contribution in [0.5, 0.6) is 0 Å². The standard InChI is InChI=1S/C16H25N/c1-12-9-10-16(14(12)3)17-13(2)11-15-7-5-4-6-8-15/h4-8,12-14,16-17H,9-11H2,1-3H3. The van der Waals surface area contributed by atoms with E-state index in [1.807, 2.05) is 0 Å². The summed E-state index contributed by atoms with van der Waals surface area (Å²) in [5, 5.41) is 3.81. The van der Waals surface area contributed by atoms with E-state index in [4.69, 9.17) is 0 Å². The predicted molar refractivity (Wildman–Crippen MR) is 74.1 cm³/mol. The zero-order valence-corrected chi connectivity index (χ0v) is 11.3. The minimum atomic E-state index is 0.579. The van der Waals surface area contributed by atoms with E-state index < -0.39 is 0 Å². The molecule has 1 nitrogen and oxygen atoms in total. The van der Waals surface area contributed by atoms with Crippen molar-refractivity contribution in [3.63, 3.8) is 0 Å². The Balaban J connectivity index is 1.84. The van der Waals surface area contributed by atoms with Gasteiger partial charge in [0.15, 0.2) is 0 Å². The highest BCUT2D eigenvalue weighted by molar-refractivity contribution is 5.15. The molecular formula is C16H25N. The van der Waals surface area contributed by atoms with Crippen molar-refractivity contribution >= 4 is 0 Å². The Bertz CT molecular complexity index is 333. The Morgan fingerprint density at radius 1 is 1.18 bits per heavy atom. The Morgan fingerprint density at radius 3 is 2.47 bits per heavy atom. The van der Waals surface area contributed by atoms with Crippen LogP contribution in [-0.2, 0) is 6.42 Å². The van der Waals surface area contributed by atoms with Crippen molar-refractivity contribution in [3.8, 4) is 0 Å². The minimum Gasteiger partial charge on any atom is -0.311 e. The van der Waals surface area contributed by atoms with Gasteiger partial charge >= 0.3 is 0 Å². The van der Waals surface area contributed by atoms with Crippen molar-refractivity contribution in [3.05, 3.63) is 35.9 Å². The first-order valence-corrected chi connectivity index (χ1v) is 6.97. The monoisotopic (exact) mass is 231 g/mol.